The van der Waals surface area contributed by atoms with Crippen molar-refractivity contribution in [1.29, 1.82) is 0 Å². The molecule has 5 rings (SSSR count). The van der Waals surface area contributed by atoms with Crippen molar-refractivity contribution in [1.82, 2.24) is 24.1 Å². The van der Waals surface area contributed by atoms with Gasteiger partial charge in [-0.3, -0.25) is 9.08 Å². The lowest BCUT2D eigenvalue weighted by molar-refractivity contribution is 0.307. The van der Waals surface area contributed by atoms with Crippen LogP contribution in [0.5, 0.6) is 5.75 Å². The summed E-state index contributed by atoms with van der Waals surface area (Å²) in [6.45, 7) is 0.488. The van der Waals surface area contributed by atoms with Crippen LogP contribution >= 0.6 is 0 Å². The van der Waals surface area contributed by atoms with Crippen molar-refractivity contribution in [2.24, 2.45) is 7.05 Å². The summed E-state index contributed by atoms with van der Waals surface area (Å²) in [5.74, 6) is 1.72. The van der Waals surface area contributed by atoms with Crippen molar-refractivity contribution in [3.8, 4) is 28.1 Å². The Balaban J connectivity index is 1.51. The largest absolute Gasteiger partial charge is 0.488 e. The maximum absolute atomic E-state index is 6.19. The predicted octanol–water partition coefficient (Wildman–Crippen LogP) is 3.96. The summed E-state index contributed by atoms with van der Waals surface area (Å²) in [6.07, 6.45) is 7.54. The molecule has 0 unspecified atom stereocenters. The Bertz CT molecular complexity index is 1320. The van der Waals surface area contributed by atoms with E-state index in [0.717, 1.165) is 33.7 Å². The molecule has 0 bridgehead atoms. The molecular weight excluding hydrogens is 376 g/mol. The molecule has 5 aromatic rings. The monoisotopic (exact) mass is 396 g/mol. The van der Waals surface area contributed by atoms with Crippen LogP contribution in [0.1, 0.15) is 5.56 Å². The molecule has 0 aliphatic heterocycles. The van der Waals surface area contributed by atoms with Crippen molar-refractivity contribution in [2.75, 3.05) is 5.73 Å². The summed E-state index contributed by atoms with van der Waals surface area (Å²) in [5, 5.41) is 4.22. The number of rotatable bonds is 5. The Hall–Kier alpha value is -4.13. The third kappa shape index (κ3) is 3.37. The van der Waals surface area contributed by atoms with Crippen molar-refractivity contribution in [3.05, 3.63) is 84.9 Å². The van der Waals surface area contributed by atoms with Gasteiger partial charge < -0.3 is 10.5 Å². The van der Waals surface area contributed by atoms with Crippen LogP contribution in [-0.2, 0) is 13.7 Å². The van der Waals surface area contributed by atoms with Gasteiger partial charge >= 0.3 is 0 Å². The lowest BCUT2D eigenvalue weighted by Crippen LogP contribution is -1.98. The van der Waals surface area contributed by atoms with Gasteiger partial charge in [-0.25, -0.2) is 4.98 Å². The van der Waals surface area contributed by atoms with Gasteiger partial charge in [0.2, 0.25) is 5.78 Å². The highest BCUT2D eigenvalue weighted by molar-refractivity contribution is 5.75. The van der Waals surface area contributed by atoms with Crippen LogP contribution in [0.2, 0.25) is 0 Å². The first-order valence-corrected chi connectivity index (χ1v) is 9.58. The Morgan fingerprint density at radius 1 is 0.900 bits per heavy atom. The number of anilines is 1. The summed E-state index contributed by atoms with van der Waals surface area (Å²) >= 11 is 0. The molecule has 7 nitrogen and oxygen atoms in total. The molecule has 7 heteroatoms. The summed E-state index contributed by atoms with van der Waals surface area (Å²) in [7, 11) is 1.87. The van der Waals surface area contributed by atoms with Gasteiger partial charge in [-0.05, 0) is 17.7 Å². The van der Waals surface area contributed by atoms with Crippen LogP contribution < -0.4 is 10.5 Å². The van der Waals surface area contributed by atoms with Gasteiger partial charge in [0.05, 0.1) is 11.9 Å². The van der Waals surface area contributed by atoms with Crippen LogP contribution in [-0.4, -0.2) is 24.1 Å². The molecule has 0 amide bonds. The Labute approximate surface area is 173 Å². The zero-order valence-electron chi connectivity index (χ0n) is 16.4. The van der Waals surface area contributed by atoms with E-state index in [1.165, 1.54) is 0 Å². The van der Waals surface area contributed by atoms with E-state index in [0.29, 0.717) is 18.2 Å². The molecule has 0 fully saturated rings. The summed E-state index contributed by atoms with van der Waals surface area (Å²) < 4.78 is 9.70. The molecule has 0 aliphatic rings. The molecule has 3 heterocycles. The van der Waals surface area contributed by atoms with E-state index in [4.69, 9.17) is 10.5 Å². The molecule has 0 atom stereocenters. The molecule has 0 saturated carbocycles. The molecule has 0 aliphatic carbocycles. The van der Waals surface area contributed by atoms with Gasteiger partial charge in [-0.15, -0.1) is 0 Å². The number of imidazole rings is 1. The molecule has 2 N–H and O–H groups in total. The number of aromatic nitrogens is 5. The zero-order valence-corrected chi connectivity index (χ0v) is 16.4. The predicted molar refractivity (Wildman–Crippen MR) is 116 cm³/mol. The van der Waals surface area contributed by atoms with Crippen LogP contribution in [0, 0.1) is 0 Å². The number of aryl methyl sites for hydroxylation is 1. The normalized spacial score (nSPS) is 11.1. The quantitative estimate of drug-likeness (QED) is 0.486. The fourth-order valence-electron chi connectivity index (χ4n) is 3.39. The number of hydrogen-bond donors (Lipinski definition) is 1. The Morgan fingerprint density at radius 3 is 2.50 bits per heavy atom. The maximum Gasteiger partial charge on any atom is 0.236 e. The molecule has 0 spiro atoms. The number of fused-ring (bicyclic) bond motifs is 1. The first-order valence-electron chi connectivity index (χ1n) is 9.58. The topological polar surface area (TPSA) is 83.3 Å². The summed E-state index contributed by atoms with van der Waals surface area (Å²) in [6, 6.07) is 17.9. The third-order valence-electron chi connectivity index (χ3n) is 4.89. The maximum atomic E-state index is 6.19. The van der Waals surface area contributed by atoms with Crippen LogP contribution in [0.4, 0.5) is 5.82 Å². The summed E-state index contributed by atoms with van der Waals surface area (Å²) in [4.78, 5) is 9.15. The highest BCUT2D eigenvalue weighted by atomic mass is 16.5. The average Bonchev–Trinajstić information content (AvgIpc) is 3.38. The van der Waals surface area contributed by atoms with Gasteiger partial charge in [0.15, 0.2) is 0 Å². The summed E-state index contributed by atoms with van der Waals surface area (Å²) in [5.41, 5.74) is 10.7. The number of nitrogens with zero attached hydrogens (tertiary/aromatic N) is 5. The first kappa shape index (κ1) is 17.9. The Kier molecular flexibility index (Phi) is 4.40. The first-order chi connectivity index (χ1) is 14.7. The molecule has 0 saturated heterocycles. The van der Waals surface area contributed by atoms with Crippen molar-refractivity contribution >= 4 is 11.6 Å². The lowest BCUT2D eigenvalue weighted by Gasteiger charge is -2.10. The SMILES string of the molecule is Cn1cc(-c2cn3cc(-c4ccccc4OCc4ccccc4)nc3nc2N)cn1. The van der Waals surface area contributed by atoms with E-state index in [1.807, 2.05) is 84.6 Å². The zero-order chi connectivity index (χ0) is 20.5. The molecular formula is C23H20N6O. The van der Waals surface area contributed by atoms with E-state index in [9.17, 15) is 0 Å². The minimum absolute atomic E-state index is 0.418. The molecule has 30 heavy (non-hydrogen) atoms. The van der Waals surface area contributed by atoms with Crippen molar-refractivity contribution in [2.45, 2.75) is 6.61 Å². The smallest absolute Gasteiger partial charge is 0.236 e. The van der Waals surface area contributed by atoms with E-state index >= 15 is 0 Å². The average molecular weight is 396 g/mol. The number of ether oxygens (including phenoxy) is 1. The van der Waals surface area contributed by atoms with Crippen LogP contribution in [0.15, 0.2) is 79.4 Å². The molecule has 0 radical (unpaired) electrons. The third-order valence-corrected chi connectivity index (χ3v) is 4.89. The van der Waals surface area contributed by atoms with Crippen LogP contribution in [0.3, 0.4) is 0 Å². The van der Waals surface area contributed by atoms with Gasteiger partial charge in [-0.1, -0.05) is 42.5 Å². The van der Waals surface area contributed by atoms with Crippen LogP contribution in [0.25, 0.3) is 28.2 Å². The van der Waals surface area contributed by atoms with Gasteiger partial charge in [-0.2, -0.15) is 10.1 Å². The second kappa shape index (κ2) is 7.36. The fraction of sp³-hybridized carbons (Fsp3) is 0.0870. The van der Waals surface area contributed by atoms with E-state index in [2.05, 4.69) is 15.1 Å². The van der Waals surface area contributed by atoms with Crippen molar-refractivity contribution < 1.29 is 4.74 Å². The molecule has 3 aromatic heterocycles. The van der Waals surface area contributed by atoms with Gasteiger partial charge in [0.25, 0.3) is 0 Å². The minimum atomic E-state index is 0.418. The van der Waals surface area contributed by atoms with Gasteiger partial charge in [0.1, 0.15) is 18.2 Å². The van der Waals surface area contributed by atoms with E-state index in [-0.39, 0.29) is 0 Å². The highest BCUT2D eigenvalue weighted by Gasteiger charge is 2.14. The number of benzene rings is 2. The molecule has 148 valence electrons. The second-order valence-corrected chi connectivity index (χ2v) is 7.05. The van der Waals surface area contributed by atoms with Crippen molar-refractivity contribution in [3.63, 3.8) is 0 Å². The number of para-hydroxylation sites is 1. The van der Waals surface area contributed by atoms with E-state index in [1.54, 1.807) is 10.9 Å². The second-order valence-electron chi connectivity index (χ2n) is 7.05. The lowest BCUT2D eigenvalue weighted by atomic mass is 10.1. The number of nitrogens with two attached hydrogens (primary N) is 1. The fourth-order valence-corrected chi connectivity index (χ4v) is 3.39. The highest BCUT2D eigenvalue weighted by Crippen LogP contribution is 2.31. The number of nitrogen functional groups attached to an aromatic ring is 1. The van der Waals surface area contributed by atoms with E-state index < -0.39 is 0 Å². The van der Waals surface area contributed by atoms with Gasteiger partial charge in [0, 0.05) is 42.3 Å². The molecule has 2 aromatic carbocycles. The Morgan fingerprint density at radius 2 is 1.70 bits per heavy atom. The minimum Gasteiger partial charge on any atom is -0.488 e. The standard InChI is InChI=1S/C23H20N6O/c1-28-12-17(11-25-28)19-13-29-14-20(26-23(29)27-22(19)24)18-9-5-6-10-21(18)30-15-16-7-3-2-4-8-16/h2-14H,15H2,1H3,(H2,24,26,27). The number of hydrogen-bond acceptors (Lipinski definition) is 5.